The molecule has 1 saturated heterocycles. The summed E-state index contributed by atoms with van der Waals surface area (Å²) in [6, 6.07) is 7.89. The molecule has 1 aliphatic rings. The van der Waals surface area contributed by atoms with Gasteiger partial charge in [0.1, 0.15) is 5.75 Å². The van der Waals surface area contributed by atoms with Crippen molar-refractivity contribution in [2.45, 2.75) is 0 Å². The zero-order valence-electron chi connectivity index (χ0n) is 7.20. The fourth-order valence-electron chi connectivity index (χ4n) is 1.15. The van der Waals surface area contributed by atoms with Crippen LogP contribution in [-0.2, 0) is 4.74 Å². The van der Waals surface area contributed by atoms with Gasteiger partial charge < -0.3 is 9.47 Å². The highest BCUT2D eigenvalue weighted by atomic mass is 79.9. The highest BCUT2D eigenvalue weighted by molar-refractivity contribution is 9.10. The Kier molecular flexibility index (Phi) is 2.86. The van der Waals surface area contributed by atoms with Gasteiger partial charge in [0.15, 0.2) is 0 Å². The summed E-state index contributed by atoms with van der Waals surface area (Å²) in [6.45, 7) is 2.43. The van der Waals surface area contributed by atoms with Crippen LogP contribution < -0.4 is 4.74 Å². The molecule has 0 amide bonds. The number of hydrogen-bond acceptors (Lipinski definition) is 2. The maximum Gasteiger partial charge on any atom is 0.133 e. The normalized spacial score (nSPS) is 16.7. The molecule has 1 aliphatic heterocycles. The highest BCUT2D eigenvalue weighted by Gasteiger charge is 2.19. The number of benzene rings is 1. The number of ether oxygens (including phenoxy) is 2. The van der Waals surface area contributed by atoms with E-state index >= 15 is 0 Å². The van der Waals surface area contributed by atoms with Gasteiger partial charge in [0.05, 0.1) is 24.3 Å². The first-order chi connectivity index (χ1) is 6.36. The molecule has 70 valence electrons. The summed E-state index contributed by atoms with van der Waals surface area (Å²) in [4.78, 5) is 0. The molecule has 0 N–H and O–H groups in total. The molecule has 1 aromatic carbocycles. The molecule has 0 radical (unpaired) electrons. The van der Waals surface area contributed by atoms with E-state index in [-0.39, 0.29) is 0 Å². The van der Waals surface area contributed by atoms with Crippen molar-refractivity contribution in [1.29, 1.82) is 0 Å². The van der Waals surface area contributed by atoms with Crippen LogP contribution in [0.4, 0.5) is 0 Å². The first-order valence-corrected chi connectivity index (χ1v) is 5.10. The van der Waals surface area contributed by atoms with E-state index in [9.17, 15) is 0 Å². The molecule has 2 rings (SSSR count). The first-order valence-electron chi connectivity index (χ1n) is 4.31. The molecule has 1 fully saturated rings. The van der Waals surface area contributed by atoms with Crippen LogP contribution in [0.5, 0.6) is 5.75 Å². The topological polar surface area (TPSA) is 18.5 Å². The Morgan fingerprint density at radius 3 is 2.77 bits per heavy atom. The Morgan fingerprint density at radius 1 is 1.38 bits per heavy atom. The van der Waals surface area contributed by atoms with Crippen molar-refractivity contribution in [3.05, 3.63) is 28.7 Å². The van der Waals surface area contributed by atoms with Crippen LogP contribution in [0.1, 0.15) is 0 Å². The lowest BCUT2D eigenvalue weighted by atomic mass is 10.1. The molecule has 1 heterocycles. The summed E-state index contributed by atoms with van der Waals surface area (Å²) >= 11 is 3.43. The third kappa shape index (κ3) is 2.23. The molecule has 0 unspecified atom stereocenters. The molecule has 0 saturated carbocycles. The van der Waals surface area contributed by atoms with Gasteiger partial charge in [-0.3, -0.25) is 0 Å². The van der Waals surface area contributed by atoms with Crippen LogP contribution in [0.15, 0.2) is 28.7 Å². The van der Waals surface area contributed by atoms with Gasteiger partial charge in [-0.25, -0.2) is 0 Å². The molecule has 1 aromatic rings. The van der Waals surface area contributed by atoms with Crippen LogP contribution in [0.25, 0.3) is 0 Å². The van der Waals surface area contributed by atoms with Gasteiger partial charge in [0.2, 0.25) is 0 Å². The predicted molar refractivity (Wildman–Crippen MR) is 53.9 cm³/mol. The Hall–Kier alpha value is -0.540. The number of hydrogen-bond donors (Lipinski definition) is 0. The van der Waals surface area contributed by atoms with Crippen molar-refractivity contribution in [3.8, 4) is 5.75 Å². The molecule has 0 bridgehead atoms. The predicted octanol–water partition coefficient (Wildman–Crippen LogP) is 2.47. The average molecular weight is 243 g/mol. The third-order valence-electron chi connectivity index (χ3n) is 2.02. The molecular weight excluding hydrogens is 232 g/mol. The average Bonchev–Trinajstić information content (AvgIpc) is 2.05. The monoisotopic (exact) mass is 242 g/mol. The summed E-state index contributed by atoms with van der Waals surface area (Å²) in [5.41, 5.74) is 0. The van der Waals surface area contributed by atoms with Gasteiger partial charge in [0, 0.05) is 5.92 Å². The summed E-state index contributed by atoms with van der Waals surface area (Å²) in [5, 5.41) is 0. The van der Waals surface area contributed by atoms with Gasteiger partial charge in [-0.2, -0.15) is 0 Å². The molecular formula is C10H11BrO2. The molecule has 0 aromatic heterocycles. The molecule has 13 heavy (non-hydrogen) atoms. The van der Waals surface area contributed by atoms with Gasteiger partial charge in [-0.05, 0) is 28.1 Å². The second-order valence-electron chi connectivity index (χ2n) is 3.14. The van der Waals surface area contributed by atoms with Crippen LogP contribution in [0.3, 0.4) is 0 Å². The summed E-state index contributed by atoms with van der Waals surface area (Å²) < 4.78 is 11.7. The lowest BCUT2D eigenvalue weighted by Gasteiger charge is -2.25. The second kappa shape index (κ2) is 4.11. The quantitative estimate of drug-likeness (QED) is 0.811. The van der Waals surface area contributed by atoms with Gasteiger partial charge >= 0.3 is 0 Å². The Balaban J connectivity index is 1.89. The van der Waals surface area contributed by atoms with E-state index in [1.165, 1.54) is 0 Å². The van der Waals surface area contributed by atoms with Crippen molar-refractivity contribution < 1.29 is 9.47 Å². The fraction of sp³-hybridized carbons (Fsp3) is 0.400. The van der Waals surface area contributed by atoms with E-state index in [0.29, 0.717) is 5.92 Å². The lowest BCUT2D eigenvalue weighted by Crippen LogP contribution is -2.32. The van der Waals surface area contributed by atoms with Gasteiger partial charge in [-0.15, -0.1) is 0 Å². The SMILES string of the molecule is Brc1ccccc1OCC1COC1. The van der Waals surface area contributed by atoms with E-state index in [0.717, 1.165) is 30.0 Å². The Labute approximate surface area is 86.0 Å². The molecule has 0 atom stereocenters. The summed E-state index contributed by atoms with van der Waals surface area (Å²) in [5.74, 6) is 1.49. The van der Waals surface area contributed by atoms with Crippen molar-refractivity contribution in [1.82, 2.24) is 0 Å². The second-order valence-corrected chi connectivity index (χ2v) is 4.00. The maximum absolute atomic E-state index is 5.61. The number of halogens is 1. The Bertz CT molecular complexity index is 284. The van der Waals surface area contributed by atoms with Gasteiger partial charge in [-0.1, -0.05) is 12.1 Å². The van der Waals surface area contributed by atoms with Crippen LogP contribution in [0, 0.1) is 5.92 Å². The first kappa shape index (κ1) is 9.03. The van der Waals surface area contributed by atoms with Crippen LogP contribution >= 0.6 is 15.9 Å². The summed E-state index contributed by atoms with van der Waals surface area (Å²) in [7, 11) is 0. The highest BCUT2D eigenvalue weighted by Crippen LogP contribution is 2.24. The molecule has 0 spiro atoms. The van der Waals surface area contributed by atoms with Gasteiger partial charge in [0.25, 0.3) is 0 Å². The fourth-order valence-corrected chi connectivity index (χ4v) is 1.55. The van der Waals surface area contributed by atoms with Crippen molar-refractivity contribution in [2.75, 3.05) is 19.8 Å². The van der Waals surface area contributed by atoms with E-state index in [1.807, 2.05) is 24.3 Å². The minimum absolute atomic E-state index is 0.576. The standard InChI is InChI=1S/C10H11BrO2/c11-9-3-1-2-4-10(9)13-7-8-5-12-6-8/h1-4,8H,5-7H2. The molecule has 0 aliphatic carbocycles. The van der Waals surface area contributed by atoms with Crippen molar-refractivity contribution in [2.24, 2.45) is 5.92 Å². The van der Waals surface area contributed by atoms with Crippen molar-refractivity contribution in [3.63, 3.8) is 0 Å². The number of rotatable bonds is 3. The maximum atomic E-state index is 5.61. The van der Waals surface area contributed by atoms with Crippen LogP contribution in [0.2, 0.25) is 0 Å². The van der Waals surface area contributed by atoms with Crippen molar-refractivity contribution >= 4 is 15.9 Å². The minimum Gasteiger partial charge on any atom is -0.492 e. The van der Waals surface area contributed by atoms with E-state index in [1.54, 1.807) is 0 Å². The van der Waals surface area contributed by atoms with Crippen LogP contribution in [-0.4, -0.2) is 19.8 Å². The smallest absolute Gasteiger partial charge is 0.133 e. The van der Waals surface area contributed by atoms with E-state index in [4.69, 9.17) is 9.47 Å². The largest absolute Gasteiger partial charge is 0.492 e. The van der Waals surface area contributed by atoms with E-state index in [2.05, 4.69) is 15.9 Å². The number of para-hydroxylation sites is 1. The van der Waals surface area contributed by atoms with E-state index < -0.39 is 0 Å². The molecule has 2 nitrogen and oxygen atoms in total. The summed E-state index contributed by atoms with van der Waals surface area (Å²) in [6.07, 6.45) is 0. The minimum atomic E-state index is 0.576. The third-order valence-corrected chi connectivity index (χ3v) is 2.67. The zero-order valence-corrected chi connectivity index (χ0v) is 8.79. The lowest BCUT2D eigenvalue weighted by molar-refractivity contribution is -0.0509. The zero-order chi connectivity index (χ0) is 9.10. The molecule has 3 heteroatoms. The Morgan fingerprint density at radius 2 is 2.15 bits per heavy atom.